The van der Waals surface area contributed by atoms with Crippen LogP contribution in [-0.2, 0) is 10.0 Å². The molecule has 1 fully saturated rings. The molecule has 118 valence electrons. The molecule has 21 heavy (non-hydrogen) atoms. The quantitative estimate of drug-likeness (QED) is 0.749. The van der Waals surface area contributed by atoms with Gasteiger partial charge >= 0.3 is 0 Å². The number of sulfonamides is 1. The minimum absolute atomic E-state index is 0.0921. The second-order valence-electron chi connectivity index (χ2n) is 6.33. The van der Waals surface area contributed by atoms with Crippen molar-refractivity contribution in [3.63, 3.8) is 0 Å². The lowest BCUT2D eigenvalue weighted by Crippen LogP contribution is -2.46. The third kappa shape index (κ3) is 4.08. The van der Waals surface area contributed by atoms with E-state index in [1.54, 1.807) is 16.4 Å². The second-order valence-corrected chi connectivity index (χ2v) is 9.52. The molecule has 1 aromatic rings. The Bertz CT molecular complexity index is 566. The highest BCUT2D eigenvalue weighted by Gasteiger charge is 2.36. The van der Waals surface area contributed by atoms with Crippen molar-refractivity contribution >= 4 is 26.0 Å². The van der Waals surface area contributed by atoms with E-state index in [9.17, 15) is 8.42 Å². The lowest BCUT2D eigenvalue weighted by molar-refractivity contribution is 0.229. The summed E-state index contributed by atoms with van der Waals surface area (Å²) in [7, 11) is -3.38. The Balaban J connectivity index is 2.29. The molecule has 0 N–H and O–H groups in total. The van der Waals surface area contributed by atoms with Gasteiger partial charge in [-0.05, 0) is 44.2 Å². The Kier molecular flexibility index (Phi) is 5.49. The van der Waals surface area contributed by atoms with E-state index in [4.69, 9.17) is 0 Å². The summed E-state index contributed by atoms with van der Waals surface area (Å²) in [4.78, 5) is 0.834. The molecule has 0 unspecified atom stereocenters. The minimum atomic E-state index is -3.38. The summed E-state index contributed by atoms with van der Waals surface area (Å²) in [5.74, 6) is 0.489. The van der Waals surface area contributed by atoms with Gasteiger partial charge in [-0.15, -0.1) is 0 Å². The van der Waals surface area contributed by atoms with E-state index in [0.717, 1.165) is 24.8 Å². The summed E-state index contributed by atoms with van der Waals surface area (Å²) >= 11 is 3.66. The first-order valence-electron chi connectivity index (χ1n) is 7.53. The van der Waals surface area contributed by atoms with Crippen LogP contribution < -0.4 is 0 Å². The van der Waals surface area contributed by atoms with E-state index in [2.05, 4.69) is 29.8 Å². The van der Waals surface area contributed by atoms with Crippen molar-refractivity contribution in [2.24, 2.45) is 5.92 Å². The molecular weight excluding hydrogens is 350 g/mol. The molecule has 1 aromatic carbocycles. The molecule has 3 nitrogen and oxygen atoms in total. The van der Waals surface area contributed by atoms with Gasteiger partial charge in [0, 0.05) is 17.4 Å². The van der Waals surface area contributed by atoms with Gasteiger partial charge < -0.3 is 0 Å². The van der Waals surface area contributed by atoms with E-state index in [1.165, 1.54) is 0 Å². The molecule has 0 spiro atoms. The summed E-state index contributed by atoms with van der Waals surface area (Å²) in [6.45, 7) is 6.86. The molecule has 1 aliphatic heterocycles. The SMILES string of the molecule is Cc1ccc(S(=O)(=O)N2CC[C@H](Br)C[C@H]2CC(C)C)cc1. The van der Waals surface area contributed by atoms with Gasteiger partial charge in [-0.25, -0.2) is 8.42 Å². The first-order chi connectivity index (χ1) is 9.80. The molecule has 0 aliphatic carbocycles. The number of halogens is 1. The first kappa shape index (κ1) is 17.0. The summed E-state index contributed by atoms with van der Waals surface area (Å²) in [5, 5.41) is 0. The third-order valence-electron chi connectivity index (χ3n) is 3.97. The predicted octanol–water partition coefficient (Wildman–Crippen LogP) is 3.96. The molecule has 0 aromatic heterocycles. The van der Waals surface area contributed by atoms with Crippen LogP contribution >= 0.6 is 15.9 Å². The molecule has 1 heterocycles. The lowest BCUT2D eigenvalue weighted by atomic mass is 9.96. The number of aryl methyl sites for hydroxylation is 1. The van der Waals surface area contributed by atoms with Crippen LogP contribution in [0.1, 0.15) is 38.7 Å². The average molecular weight is 374 g/mol. The van der Waals surface area contributed by atoms with Crippen LogP contribution in [0.4, 0.5) is 0 Å². The van der Waals surface area contributed by atoms with E-state index in [0.29, 0.717) is 22.2 Å². The van der Waals surface area contributed by atoms with Crippen molar-refractivity contribution in [3.8, 4) is 0 Å². The Morgan fingerprint density at radius 3 is 2.48 bits per heavy atom. The van der Waals surface area contributed by atoms with Crippen LogP contribution in [0, 0.1) is 12.8 Å². The van der Waals surface area contributed by atoms with E-state index < -0.39 is 10.0 Å². The Morgan fingerprint density at radius 2 is 1.90 bits per heavy atom. The van der Waals surface area contributed by atoms with E-state index in [1.807, 2.05) is 19.1 Å². The monoisotopic (exact) mass is 373 g/mol. The fourth-order valence-corrected chi connectivity index (χ4v) is 5.20. The predicted molar refractivity (Wildman–Crippen MR) is 90.3 cm³/mol. The third-order valence-corrected chi connectivity index (χ3v) is 6.77. The molecular formula is C16H24BrNO2S. The van der Waals surface area contributed by atoms with Gasteiger partial charge in [0.1, 0.15) is 0 Å². The Labute approximate surface area is 136 Å². The summed E-state index contributed by atoms with van der Waals surface area (Å²) in [6, 6.07) is 7.26. The molecule has 0 saturated carbocycles. The van der Waals surface area contributed by atoms with Crippen LogP contribution in [0.5, 0.6) is 0 Å². The standard InChI is InChI=1S/C16H24BrNO2S/c1-12(2)10-15-11-14(17)8-9-18(15)21(19,20)16-6-4-13(3)5-7-16/h4-7,12,14-15H,8-11H2,1-3H3/t14-,15+/m0/s1. The molecule has 5 heteroatoms. The molecule has 1 saturated heterocycles. The van der Waals surface area contributed by atoms with Gasteiger partial charge in [-0.1, -0.05) is 47.5 Å². The maximum Gasteiger partial charge on any atom is 0.243 e. The smallest absolute Gasteiger partial charge is 0.207 e. The number of alkyl halides is 1. The van der Waals surface area contributed by atoms with Crippen LogP contribution in [0.2, 0.25) is 0 Å². The number of benzene rings is 1. The van der Waals surface area contributed by atoms with Crippen molar-refractivity contribution in [3.05, 3.63) is 29.8 Å². The molecule has 0 amide bonds. The van der Waals surface area contributed by atoms with Gasteiger partial charge in [-0.3, -0.25) is 0 Å². The van der Waals surface area contributed by atoms with Gasteiger partial charge in [-0.2, -0.15) is 4.31 Å². The van der Waals surface area contributed by atoms with Crippen molar-refractivity contribution in [2.75, 3.05) is 6.54 Å². The van der Waals surface area contributed by atoms with E-state index in [-0.39, 0.29) is 6.04 Å². The maximum atomic E-state index is 12.9. The highest BCUT2D eigenvalue weighted by atomic mass is 79.9. The zero-order chi connectivity index (χ0) is 15.6. The number of piperidine rings is 1. The van der Waals surface area contributed by atoms with Gasteiger partial charge in [0.15, 0.2) is 0 Å². The summed E-state index contributed by atoms with van der Waals surface area (Å²) in [5.41, 5.74) is 1.08. The normalized spacial score (nSPS) is 24.4. The largest absolute Gasteiger partial charge is 0.243 e. The van der Waals surface area contributed by atoms with Crippen LogP contribution in [0.15, 0.2) is 29.2 Å². The molecule has 0 radical (unpaired) electrons. The number of rotatable bonds is 4. The van der Waals surface area contributed by atoms with Crippen molar-refractivity contribution in [1.29, 1.82) is 0 Å². The fraction of sp³-hybridized carbons (Fsp3) is 0.625. The fourth-order valence-electron chi connectivity index (χ4n) is 2.90. The lowest BCUT2D eigenvalue weighted by Gasteiger charge is -2.37. The van der Waals surface area contributed by atoms with E-state index >= 15 is 0 Å². The van der Waals surface area contributed by atoms with Crippen molar-refractivity contribution in [2.45, 2.75) is 55.8 Å². The highest BCUT2D eigenvalue weighted by Crippen LogP contribution is 2.31. The molecule has 2 atom stereocenters. The average Bonchev–Trinajstić information content (AvgIpc) is 2.38. The number of hydrogen-bond donors (Lipinski definition) is 0. The number of hydrogen-bond acceptors (Lipinski definition) is 2. The molecule has 0 bridgehead atoms. The van der Waals surface area contributed by atoms with Crippen molar-refractivity contribution in [1.82, 2.24) is 4.31 Å². The second kappa shape index (κ2) is 6.80. The first-order valence-corrected chi connectivity index (χ1v) is 9.89. The van der Waals surface area contributed by atoms with Gasteiger partial charge in [0.25, 0.3) is 0 Å². The number of nitrogens with zero attached hydrogens (tertiary/aromatic N) is 1. The van der Waals surface area contributed by atoms with Gasteiger partial charge in [0.2, 0.25) is 10.0 Å². The topological polar surface area (TPSA) is 37.4 Å². The Morgan fingerprint density at radius 1 is 1.29 bits per heavy atom. The van der Waals surface area contributed by atoms with Crippen LogP contribution in [0.3, 0.4) is 0 Å². The minimum Gasteiger partial charge on any atom is -0.207 e. The van der Waals surface area contributed by atoms with Crippen LogP contribution in [0.25, 0.3) is 0 Å². The molecule has 1 aliphatic rings. The van der Waals surface area contributed by atoms with Crippen molar-refractivity contribution < 1.29 is 8.42 Å². The van der Waals surface area contributed by atoms with Gasteiger partial charge in [0.05, 0.1) is 4.90 Å². The maximum absolute atomic E-state index is 12.9. The molecule has 2 rings (SSSR count). The summed E-state index contributed by atoms with van der Waals surface area (Å²) in [6.07, 6.45) is 2.68. The zero-order valence-corrected chi connectivity index (χ0v) is 15.3. The zero-order valence-electron chi connectivity index (χ0n) is 12.9. The highest BCUT2D eigenvalue weighted by molar-refractivity contribution is 9.09. The van der Waals surface area contributed by atoms with Crippen LogP contribution in [-0.4, -0.2) is 30.1 Å². The summed E-state index contributed by atoms with van der Waals surface area (Å²) < 4.78 is 27.5. The Hall–Kier alpha value is -0.390.